The maximum absolute atomic E-state index is 13.7. The number of phenolic OH excluding ortho intramolecular Hbond substituents is 1. The van der Waals surface area contributed by atoms with E-state index in [2.05, 4.69) is 0 Å². The molecule has 3 N–H and O–H groups in total. The van der Waals surface area contributed by atoms with Crippen LogP contribution in [-0.4, -0.2) is 55.9 Å². The maximum atomic E-state index is 13.7. The topological polar surface area (TPSA) is 145 Å². The Labute approximate surface area is 228 Å². The van der Waals surface area contributed by atoms with Gasteiger partial charge in [0.25, 0.3) is 10.0 Å². The van der Waals surface area contributed by atoms with Crippen LogP contribution in [0.4, 0.5) is 11.4 Å². The van der Waals surface area contributed by atoms with Crippen LogP contribution in [0.5, 0.6) is 11.5 Å². The Morgan fingerprint density at radius 1 is 0.795 bits per heavy atom. The first-order valence-electron chi connectivity index (χ1n) is 11.5. The van der Waals surface area contributed by atoms with Crippen LogP contribution in [0.3, 0.4) is 0 Å². The minimum atomic E-state index is -4.31. The lowest BCUT2D eigenvalue weighted by Crippen LogP contribution is -2.36. The number of anilines is 2. The first-order valence-corrected chi connectivity index (χ1v) is 13.7. The minimum absolute atomic E-state index is 0.0653. The molecule has 10 nitrogen and oxygen atoms in total. The highest BCUT2D eigenvalue weighted by atomic mass is 32.2. The zero-order valence-corrected chi connectivity index (χ0v) is 22.2. The van der Waals surface area contributed by atoms with Crippen molar-refractivity contribution in [3.8, 4) is 11.5 Å². The number of aliphatic carboxylic acids is 2. The fourth-order valence-corrected chi connectivity index (χ4v) is 6.30. The van der Waals surface area contributed by atoms with Crippen LogP contribution >= 0.6 is 11.9 Å². The quantitative estimate of drug-likeness (QED) is 0.222. The number of ether oxygens (including phenoxy) is 1. The van der Waals surface area contributed by atoms with Gasteiger partial charge in [0, 0.05) is 15.7 Å². The van der Waals surface area contributed by atoms with Crippen LogP contribution in [0.1, 0.15) is 0 Å². The summed E-state index contributed by atoms with van der Waals surface area (Å²) in [6.07, 6.45) is 0. The van der Waals surface area contributed by atoms with Crippen LogP contribution in [0.25, 0.3) is 10.8 Å². The number of rotatable bonds is 11. The van der Waals surface area contributed by atoms with Crippen LogP contribution in [-0.2, 0) is 19.6 Å². The maximum Gasteiger partial charge on any atom is 0.324 e. The number of carboxylic acid groups (broad SMARTS) is 2. The number of carboxylic acids is 2. The molecule has 0 aliphatic heterocycles. The van der Waals surface area contributed by atoms with E-state index in [0.717, 1.165) is 16.3 Å². The summed E-state index contributed by atoms with van der Waals surface area (Å²) in [7, 11) is -2.86. The Morgan fingerprint density at radius 3 is 1.92 bits per heavy atom. The highest BCUT2D eigenvalue weighted by Crippen LogP contribution is 2.40. The average Bonchev–Trinajstić information content (AvgIpc) is 2.91. The molecule has 0 aromatic heterocycles. The van der Waals surface area contributed by atoms with Crippen molar-refractivity contribution in [3.63, 3.8) is 0 Å². The van der Waals surface area contributed by atoms with Gasteiger partial charge in [0.05, 0.1) is 23.4 Å². The van der Waals surface area contributed by atoms with E-state index in [9.17, 15) is 33.3 Å². The van der Waals surface area contributed by atoms with Gasteiger partial charge in [-0.1, -0.05) is 24.3 Å². The largest absolute Gasteiger partial charge is 0.508 e. The molecule has 39 heavy (non-hydrogen) atoms. The second kappa shape index (κ2) is 11.5. The number of aromatic hydroxyl groups is 1. The van der Waals surface area contributed by atoms with Gasteiger partial charge in [0.15, 0.2) is 0 Å². The van der Waals surface area contributed by atoms with Gasteiger partial charge in [-0.3, -0.25) is 13.9 Å². The molecular weight excluding hydrogens is 544 g/mol. The normalized spacial score (nSPS) is 11.2. The number of nitrogens with zero attached hydrogens (tertiary/aromatic N) is 2. The van der Waals surface area contributed by atoms with Gasteiger partial charge >= 0.3 is 11.9 Å². The Balaban J connectivity index is 1.85. The van der Waals surface area contributed by atoms with Crippen molar-refractivity contribution >= 4 is 56.1 Å². The Kier molecular flexibility index (Phi) is 8.17. The van der Waals surface area contributed by atoms with Crippen molar-refractivity contribution in [2.45, 2.75) is 9.79 Å². The second-order valence-electron chi connectivity index (χ2n) is 8.25. The van der Waals surface area contributed by atoms with E-state index in [1.165, 1.54) is 53.9 Å². The summed E-state index contributed by atoms with van der Waals surface area (Å²) in [5, 5.41) is 29.7. The SMILES string of the molecule is COc1ccc(S(=O)(=O)N(CC(=O)O)c2ccc(N(CC(=O)O)Sc3ccc(O)cc3)c3ccccc23)cc1. The van der Waals surface area contributed by atoms with Gasteiger partial charge in [-0.15, -0.1) is 0 Å². The number of fused-ring (bicyclic) bond motifs is 1. The van der Waals surface area contributed by atoms with Crippen molar-refractivity contribution in [3.05, 3.63) is 84.9 Å². The third-order valence-electron chi connectivity index (χ3n) is 5.67. The molecule has 0 spiro atoms. The van der Waals surface area contributed by atoms with Gasteiger partial charge < -0.3 is 24.4 Å². The first-order chi connectivity index (χ1) is 18.6. The molecule has 0 aliphatic carbocycles. The molecule has 4 rings (SSSR count). The third-order valence-corrected chi connectivity index (χ3v) is 8.48. The van der Waals surface area contributed by atoms with Gasteiger partial charge in [-0.2, -0.15) is 0 Å². The fourth-order valence-electron chi connectivity index (χ4n) is 3.92. The van der Waals surface area contributed by atoms with Crippen molar-refractivity contribution in [2.75, 3.05) is 28.8 Å². The molecule has 0 atom stereocenters. The number of methoxy groups -OCH3 is 1. The molecule has 0 fully saturated rings. The van der Waals surface area contributed by atoms with E-state index in [1.807, 2.05) is 0 Å². The van der Waals surface area contributed by atoms with Crippen molar-refractivity contribution < 1.29 is 38.1 Å². The van der Waals surface area contributed by atoms with Crippen molar-refractivity contribution in [2.24, 2.45) is 0 Å². The van der Waals surface area contributed by atoms with Gasteiger partial charge in [-0.05, 0) is 72.6 Å². The summed E-state index contributed by atoms with van der Waals surface area (Å²) in [4.78, 5) is 24.1. The smallest absolute Gasteiger partial charge is 0.324 e. The molecule has 0 heterocycles. The lowest BCUT2D eigenvalue weighted by molar-refractivity contribution is -0.136. The summed E-state index contributed by atoms with van der Waals surface area (Å²) >= 11 is 1.13. The standard InChI is InChI=1S/C27H24N2O8S2/c1-37-19-8-12-21(13-9-19)39(35,36)29(17-27(33)34)25-15-14-24(22-4-2-3-5-23(22)25)28(16-26(31)32)38-20-10-6-18(30)7-11-20/h2-15,30H,16-17H2,1H3,(H,31,32)(H,33,34). The van der Waals surface area contributed by atoms with Crippen LogP contribution in [0.15, 0.2) is 94.7 Å². The molecule has 4 aromatic carbocycles. The molecule has 0 aliphatic rings. The molecule has 0 unspecified atom stereocenters. The van der Waals surface area contributed by atoms with Gasteiger partial charge in [-0.25, -0.2) is 8.42 Å². The molecule has 0 radical (unpaired) electrons. The highest BCUT2D eigenvalue weighted by Gasteiger charge is 2.29. The van der Waals surface area contributed by atoms with E-state index in [1.54, 1.807) is 42.5 Å². The Bertz CT molecular complexity index is 1610. The molecule has 0 bridgehead atoms. The molecule has 12 heteroatoms. The number of hydrogen-bond donors (Lipinski definition) is 3. The number of sulfonamides is 1. The third kappa shape index (κ3) is 6.19. The highest BCUT2D eigenvalue weighted by molar-refractivity contribution is 8.00. The Morgan fingerprint density at radius 2 is 1.36 bits per heavy atom. The van der Waals surface area contributed by atoms with Crippen molar-refractivity contribution in [1.82, 2.24) is 0 Å². The zero-order valence-electron chi connectivity index (χ0n) is 20.6. The van der Waals surface area contributed by atoms with E-state index in [0.29, 0.717) is 27.1 Å². The van der Waals surface area contributed by atoms with Crippen molar-refractivity contribution in [1.29, 1.82) is 0 Å². The molecule has 0 saturated heterocycles. The second-order valence-corrected chi connectivity index (χ2v) is 11.2. The summed E-state index contributed by atoms with van der Waals surface area (Å²) < 4.78 is 34.8. The van der Waals surface area contributed by atoms with Crippen LogP contribution in [0, 0.1) is 0 Å². The van der Waals surface area contributed by atoms with Crippen LogP contribution in [0.2, 0.25) is 0 Å². The molecule has 202 valence electrons. The predicted molar refractivity (Wildman–Crippen MR) is 148 cm³/mol. The summed E-state index contributed by atoms with van der Waals surface area (Å²) in [6.45, 7) is -1.23. The fraction of sp³-hybridized carbons (Fsp3) is 0.111. The van der Waals surface area contributed by atoms with E-state index >= 15 is 0 Å². The van der Waals surface area contributed by atoms with Gasteiger partial charge in [0.2, 0.25) is 0 Å². The summed E-state index contributed by atoms with van der Waals surface area (Å²) in [5.74, 6) is -1.94. The summed E-state index contributed by atoms with van der Waals surface area (Å²) in [6, 6.07) is 21.6. The van der Waals surface area contributed by atoms with E-state index in [4.69, 9.17) is 4.74 Å². The molecule has 0 saturated carbocycles. The first kappa shape index (κ1) is 27.6. The van der Waals surface area contributed by atoms with E-state index < -0.39 is 35.1 Å². The van der Waals surface area contributed by atoms with Crippen LogP contribution < -0.4 is 13.3 Å². The predicted octanol–water partition coefficient (Wildman–Crippen LogP) is 4.43. The monoisotopic (exact) mass is 568 g/mol. The number of benzene rings is 4. The lowest BCUT2D eigenvalue weighted by atomic mass is 10.1. The van der Waals surface area contributed by atoms with Gasteiger partial charge in [0.1, 0.15) is 24.6 Å². The number of hydrogen-bond acceptors (Lipinski definition) is 8. The lowest BCUT2D eigenvalue weighted by Gasteiger charge is -2.27. The molecule has 0 amide bonds. The average molecular weight is 569 g/mol. The molecular formula is C27H24N2O8S2. The zero-order chi connectivity index (χ0) is 28.2. The summed E-state index contributed by atoms with van der Waals surface area (Å²) in [5.41, 5.74) is 0.601. The minimum Gasteiger partial charge on any atom is -0.508 e. The van der Waals surface area contributed by atoms with E-state index in [-0.39, 0.29) is 16.3 Å². The molecule has 4 aromatic rings. The Hall–Kier alpha value is -4.42. The number of phenols is 1. The number of carbonyl (C=O) groups is 2.